The number of H-pyrrole nitrogens is 1. The number of nitrogens with zero attached hydrogens (tertiary/aromatic N) is 5. The minimum Gasteiger partial charge on any atom is -0.318 e. The number of fused-ring (bicyclic) bond motifs is 1. The summed E-state index contributed by atoms with van der Waals surface area (Å²) in [5, 5.41) is 4.35. The average molecular weight is 547 g/mol. The van der Waals surface area contributed by atoms with Crippen molar-refractivity contribution in [2.75, 3.05) is 0 Å². The highest BCUT2D eigenvalue weighted by Crippen LogP contribution is 2.36. The number of nitrogens with one attached hydrogen (secondary N) is 1. The van der Waals surface area contributed by atoms with E-state index in [2.05, 4.69) is 32.3 Å². The molecule has 2 aliphatic rings. The van der Waals surface area contributed by atoms with E-state index in [4.69, 9.17) is 26.1 Å². The molecule has 2 aliphatic carbocycles. The first-order chi connectivity index (χ1) is 19.0. The van der Waals surface area contributed by atoms with Gasteiger partial charge in [-0.15, -0.1) is 6.58 Å². The molecule has 3 heterocycles. The summed E-state index contributed by atoms with van der Waals surface area (Å²) in [6.45, 7) is 4.64. The highest BCUT2D eigenvalue weighted by atomic mass is 35.5. The fraction of sp³-hybridized carbons (Fsp3) is 0.448. The quantitative estimate of drug-likeness (QED) is 0.215. The van der Waals surface area contributed by atoms with Crippen LogP contribution >= 0.6 is 11.6 Å². The summed E-state index contributed by atoms with van der Waals surface area (Å²) < 4.78 is 6.76. The van der Waals surface area contributed by atoms with Gasteiger partial charge in [0.2, 0.25) is 17.4 Å². The molecule has 202 valence electrons. The number of imidazole rings is 1. The summed E-state index contributed by atoms with van der Waals surface area (Å²) in [7, 11) is 0. The lowest BCUT2D eigenvalue weighted by Crippen LogP contribution is -2.25. The monoisotopic (exact) mass is 546 g/mol. The van der Waals surface area contributed by atoms with E-state index in [0.29, 0.717) is 46.1 Å². The Kier molecular flexibility index (Phi) is 7.16. The van der Waals surface area contributed by atoms with Crippen LogP contribution in [0.15, 0.2) is 46.2 Å². The molecular formula is C29H31ClN6O3. The van der Waals surface area contributed by atoms with Gasteiger partial charge in [0.15, 0.2) is 11.5 Å². The molecule has 6 rings (SSSR count). The van der Waals surface area contributed by atoms with Crippen LogP contribution in [0.5, 0.6) is 0 Å². The zero-order valence-corrected chi connectivity index (χ0v) is 22.5. The third kappa shape index (κ3) is 5.20. The van der Waals surface area contributed by atoms with Crippen LogP contribution in [-0.2, 0) is 6.54 Å². The molecular weight excluding hydrogens is 516 g/mol. The molecule has 0 aliphatic heterocycles. The minimum atomic E-state index is -0.702. The second-order valence-electron chi connectivity index (χ2n) is 10.8. The molecule has 0 unspecified atom stereocenters. The van der Waals surface area contributed by atoms with Crippen molar-refractivity contribution < 1.29 is 9.32 Å². The van der Waals surface area contributed by atoms with Crippen molar-refractivity contribution in [1.29, 1.82) is 0 Å². The van der Waals surface area contributed by atoms with Gasteiger partial charge in [-0.25, -0.2) is 19.7 Å². The number of benzene rings is 1. The maximum atomic E-state index is 13.9. The Morgan fingerprint density at radius 3 is 2.59 bits per heavy atom. The Hall–Kier alpha value is -3.59. The molecule has 39 heavy (non-hydrogen) atoms. The van der Waals surface area contributed by atoms with Gasteiger partial charge < -0.3 is 4.57 Å². The van der Waals surface area contributed by atoms with E-state index < -0.39 is 5.76 Å². The van der Waals surface area contributed by atoms with E-state index >= 15 is 0 Å². The van der Waals surface area contributed by atoms with Crippen LogP contribution in [0.1, 0.15) is 68.4 Å². The van der Waals surface area contributed by atoms with Gasteiger partial charge in [0.1, 0.15) is 11.2 Å². The third-order valence-corrected chi connectivity index (χ3v) is 8.45. The largest absolute Gasteiger partial charge is 0.439 e. The van der Waals surface area contributed by atoms with Crippen molar-refractivity contribution in [3.63, 3.8) is 0 Å². The number of rotatable bonds is 7. The standard InChI is InChI=1S/C29H31ClN6O3/c1-2-17-11-13-18(14-12-17)16-36-23-22(20-9-6-10-21(30)15-20)31-26(27-34-29(38)39-35-27)32-25(23)33-28(36)24(37)19-7-4-3-5-8-19/h2,6,9-10,15,17-19H,1,3-5,7-8,11-14,16H2,(H,34,35,38)/t17-,18-. The second-order valence-corrected chi connectivity index (χ2v) is 11.2. The van der Waals surface area contributed by atoms with Crippen molar-refractivity contribution >= 4 is 28.5 Å². The Morgan fingerprint density at radius 2 is 1.90 bits per heavy atom. The van der Waals surface area contributed by atoms with Crippen molar-refractivity contribution in [2.45, 2.75) is 64.3 Å². The van der Waals surface area contributed by atoms with Crippen LogP contribution in [0.2, 0.25) is 5.02 Å². The molecule has 1 aromatic carbocycles. The number of hydrogen-bond donors (Lipinski definition) is 1. The van der Waals surface area contributed by atoms with Crippen LogP contribution in [0, 0.1) is 17.8 Å². The lowest BCUT2D eigenvalue weighted by molar-refractivity contribution is 0.0872. The summed E-state index contributed by atoms with van der Waals surface area (Å²) in [5.74, 6) is 0.967. The first-order valence-electron chi connectivity index (χ1n) is 13.8. The highest BCUT2D eigenvalue weighted by molar-refractivity contribution is 6.30. The number of carbonyl (C=O) groups excluding carboxylic acids is 1. The molecule has 0 bridgehead atoms. The number of aromatic amines is 1. The van der Waals surface area contributed by atoms with E-state index in [1.807, 2.05) is 18.2 Å². The number of aromatic nitrogens is 6. The maximum Gasteiger partial charge on any atom is 0.439 e. The second kappa shape index (κ2) is 10.9. The molecule has 0 spiro atoms. The molecule has 0 amide bonds. The van der Waals surface area contributed by atoms with E-state index in [1.165, 1.54) is 0 Å². The van der Waals surface area contributed by atoms with Crippen LogP contribution in [0.3, 0.4) is 0 Å². The van der Waals surface area contributed by atoms with Gasteiger partial charge in [-0.2, -0.15) is 0 Å². The van der Waals surface area contributed by atoms with E-state index in [0.717, 1.165) is 63.4 Å². The van der Waals surface area contributed by atoms with Crippen molar-refractivity contribution in [3.05, 3.63) is 58.3 Å². The molecule has 0 atom stereocenters. The smallest absolute Gasteiger partial charge is 0.318 e. The number of carbonyl (C=O) groups is 1. The Labute approximate surface area is 230 Å². The van der Waals surface area contributed by atoms with Crippen molar-refractivity contribution in [3.8, 4) is 22.9 Å². The lowest BCUT2D eigenvalue weighted by atomic mass is 9.82. The highest BCUT2D eigenvalue weighted by Gasteiger charge is 2.31. The maximum absolute atomic E-state index is 13.9. The molecule has 10 heteroatoms. The van der Waals surface area contributed by atoms with Crippen LogP contribution in [-0.4, -0.2) is 35.4 Å². The average Bonchev–Trinajstić information content (AvgIpc) is 3.56. The van der Waals surface area contributed by atoms with Gasteiger partial charge in [0.25, 0.3) is 0 Å². The summed E-state index contributed by atoms with van der Waals surface area (Å²) in [5.41, 5.74) is 2.42. The van der Waals surface area contributed by atoms with Crippen molar-refractivity contribution in [2.24, 2.45) is 17.8 Å². The first-order valence-corrected chi connectivity index (χ1v) is 14.1. The van der Waals surface area contributed by atoms with Gasteiger partial charge in [0, 0.05) is 23.0 Å². The fourth-order valence-electron chi connectivity index (χ4n) is 6.08. The normalized spacial score (nSPS) is 20.3. The number of halogens is 1. The SMILES string of the molecule is C=C[C@H]1CC[C@H](Cn2c(C(=O)C3CCCCC3)nc3nc(-c4noc(=O)[nH]4)nc(-c4cccc(Cl)c4)c32)CC1. The Morgan fingerprint density at radius 1 is 1.10 bits per heavy atom. The van der Waals surface area contributed by atoms with Gasteiger partial charge in [-0.05, 0) is 62.5 Å². The lowest BCUT2D eigenvalue weighted by Gasteiger charge is -2.28. The Balaban J connectivity index is 1.54. The summed E-state index contributed by atoms with van der Waals surface area (Å²) >= 11 is 6.38. The minimum absolute atomic E-state index is 0.0419. The van der Waals surface area contributed by atoms with E-state index in [9.17, 15) is 9.59 Å². The summed E-state index contributed by atoms with van der Waals surface area (Å²) in [6.07, 6.45) is 11.4. The van der Waals surface area contributed by atoms with Crippen LogP contribution < -0.4 is 5.76 Å². The number of ketones is 1. The zero-order valence-electron chi connectivity index (χ0n) is 21.7. The fourth-order valence-corrected chi connectivity index (χ4v) is 6.27. The van der Waals surface area contributed by atoms with Gasteiger partial charge in [-0.1, -0.05) is 54.2 Å². The molecule has 2 saturated carbocycles. The predicted octanol–water partition coefficient (Wildman–Crippen LogP) is 6.25. The number of allylic oxidation sites excluding steroid dienone is 1. The van der Waals surface area contributed by atoms with E-state index in [-0.39, 0.29) is 23.3 Å². The topological polar surface area (TPSA) is 120 Å². The van der Waals surface area contributed by atoms with Crippen LogP contribution in [0.4, 0.5) is 0 Å². The summed E-state index contributed by atoms with van der Waals surface area (Å²) in [4.78, 5) is 42.5. The van der Waals surface area contributed by atoms with E-state index in [1.54, 1.807) is 6.07 Å². The van der Waals surface area contributed by atoms with Gasteiger partial charge >= 0.3 is 5.76 Å². The molecule has 2 fully saturated rings. The Bertz CT molecular complexity index is 1570. The molecule has 4 aromatic rings. The number of Topliss-reactive ketones (excluding diaryl/α,β-unsaturated/α-hetero) is 1. The van der Waals surface area contributed by atoms with Crippen molar-refractivity contribution in [1.82, 2.24) is 29.7 Å². The zero-order chi connectivity index (χ0) is 26.9. The van der Waals surface area contributed by atoms with Crippen LogP contribution in [0.25, 0.3) is 34.1 Å². The molecule has 0 radical (unpaired) electrons. The molecule has 3 aromatic heterocycles. The number of hydrogen-bond acceptors (Lipinski definition) is 7. The molecule has 1 N–H and O–H groups in total. The molecule has 9 nitrogen and oxygen atoms in total. The predicted molar refractivity (Wildman–Crippen MR) is 148 cm³/mol. The van der Waals surface area contributed by atoms with Gasteiger partial charge in [0.05, 0.1) is 0 Å². The van der Waals surface area contributed by atoms with Gasteiger partial charge in [-0.3, -0.25) is 14.3 Å². The summed E-state index contributed by atoms with van der Waals surface area (Å²) in [6, 6.07) is 7.40. The first kappa shape index (κ1) is 25.7. The molecule has 0 saturated heterocycles. The third-order valence-electron chi connectivity index (χ3n) is 8.22.